The van der Waals surface area contributed by atoms with Crippen molar-refractivity contribution in [3.8, 4) is 23.5 Å². The van der Waals surface area contributed by atoms with Gasteiger partial charge in [0.05, 0.1) is 0 Å². The van der Waals surface area contributed by atoms with E-state index in [0.29, 0.717) is 19.5 Å². The van der Waals surface area contributed by atoms with Crippen LogP contribution in [-0.2, 0) is 13.1 Å². The van der Waals surface area contributed by atoms with E-state index in [-0.39, 0.29) is 47.2 Å². The van der Waals surface area contributed by atoms with Gasteiger partial charge in [-0.25, -0.2) is 0 Å². The minimum absolute atomic E-state index is 0.157. The van der Waals surface area contributed by atoms with Gasteiger partial charge in [-0.15, -0.1) is 0 Å². The summed E-state index contributed by atoms with van der Waals surface area (Å²) in [5.74, 6) is 1.47. The number of hydrogen-bond donors (Lipinski definition) is 4. The van der Waals surface area contributed by atoms with E-state index in [1.165, 1.54) is 0 Å². The molecular weight excluding hydrogens is 344 g/mol. The highest BCUT2D eigenvalue weighted by Gasteiger charge is 2.42. The lowest BCUT2D eigenvalue weighted by molar-refractivity contribution is 0.336. The Hall–Kier alpha value is -2.76. The minimum atomic E-state index is 0.157. The van der Waals surface area contributed by atoms with Gasteiger partial charge in [-0.2, -0.15) is 0 Å². The monoisotopic (exact) mass is 366 g/mol. The van der Waals surface area contributed by atoms with Crippen LogP contribution in [0.15, 0.2) is 24.3 Å². The van der Waals surface area contributed by atoms with E-state index in [2.05, 4.69) is 24.3 Å². The molecule has 6 nitrogen and oxygen atoms in total. The second-order valence-corrected chi connectivity index (χ2v) is 8.27. The summed E-state index contributed by atoms with van der Waals surface area (Å²) in [7, 11) is 0. The van der Waals surface area contributed by atoms with Gasteiger partial charge in [0, 0.05) is 59.0 Å². The Kier molecular flexibility index (Phi) is 2.80. The van der Waals surface area contributed by atoms with Gasteiger partial charge in [-0.3, -0.25) is 9.13 Å². The molecule has 0 saturated heterocycles. The predicted molar refractivity (Wildman–Crippen MR) is 98.6 cm³/mol. The predicted octanol–water partition coefficient (Wildman–Crippen LogP) is 3.48. The highest BCUT2D eigenvalue weighted by Crippen LogP contribution is 2.57. The molecule has 4 unspecified atom stereocenters. The van der Waals surface area contributed by atoms with Crippen molar-refractivity contribution in [2.45, 2.75) is 56.0 Å². The number of fused-ring (bicyclic) bond motifs is 10. The van der Waals surface area contributed by atoms with Gasteiger partial charge >= 0.3 is 0 Å². The average molecular weight is 366 g/mol. The molecule has 2 heterocycles. The van der Waals surface area contributed by atoms with Crippen LogP contribution in [0, 0.1) is 0 Å². The molecule has 6 heteroatoms. The van der Waals surface area contributed by atoms with Crippen LogP contribution in [-0.4, -0.2) is 29.6 Å². The Labute approximate surface area is 156 Å². The van der Waals surface area contributed by atoms with E-state index in [9.17, 15) is 20.4 Å². The third kappa shape index (κ3) is 1.76. The van der Waals surface area contributed by atoms with Crippen molar-refractivity contribution in [1.82, 2.24) is 9.13 Å². The van der Waals surface area contributed by atoms with Gasteiger partial charge in [-0.1, -0.05) is 24.3 Å². The highest BCUT2D eigenvalue weighted by molar-refractivity contribution is 5.59. The van der Waals surface area contributed by atoms with Crippen molar-refractivity contribution in [3.63, 3.8) is 0 Å². The first kappa shape index (κ1) is 15.3. The Morgan fingerprint density at radius 3 is 1.19 bits per heavy atom. The normalized spacial score (nSPS) is 28.4. The number of hydrogen-bond acceptors (Lipinski definition) is 4. The lowest BCUT2D eigenvalue weighted by atomic mass is 10.0. The molecule has 0 amide bonds. The Bertz CT molecular complexity index is 888. The van der Waals surface area contributed by atoms with Gasteiger partial charge in [0.2, 0.25) is 0 Å². The van der Waals surface area contributed by atoms with Gasteiger partial charge in [0.25, 0.3) is 0 Å². The zero-order chi connectivity index (χ0) is 18.4. The molecule has 0 fully saturated rings. The summed E-state index contributed by atoms with van der Waals surface area (Å²) in [5, 5.41) is 42.3. The fourth-order valence-corrected chi connectivity index (χ4v) is 5.79. The third-order valence-electron chi connectivity index (χ3n) is 6.98. The van der Waals surface area contributed by atoms with Crippen molar-refractivity contribution in [2.75, 3.05) is 0 Å². The fraction of sp³-hybridized carbons (Fsp3) is 0.429. The molecule has 0 radical (unpaired) electrons. The topological polar surface area (TPSA) is 90.8 Å². The summed E-state index contributed by atoms with van der Waals surface area (Å²) in [6, 6.07) is 0. The first-order valence-corrected chi connectivity index (χ1v) is 9.71. The van der Waals surface area contributed by atoms with Crippen LogP contribution in [0.3, 0.4) is 0 Å². The molecule has 0 aromatic carbocycles. The molecule has 2 aromatic rings. The smallest absolute Gasteiger partial charge is 0.198 e. The molecule has 4 atom stereocenters. The number of aromatic hydroxyl groups is 4. The first-order valence-electron chi connectivity index (χ1n) is 9.71. The van der Waals surface area contributed by atoms with Crippen molar-refractivity contribution >= 4 is 0 Å². The van der Waals surface area contributed by atoms with E-state index < -0.39 is 0 Å². The zero-order valence-electron chi connectivity index (χ0n) is 14.8. The molecular formula is C21H22N2O4. The van der Waals surface area contributed by atoms with Crippen LogP contribution in [0.5, 0.6) is 23.5 Å². The fourth-order valence-electron chi connectivity index (χ4n) is 5.79. The number of nitrogens with zero attached hydrogens (tertiary/aromatic N) is 2. The summed E-state index contributed by atoms with van der Waals surface area (Å²) in [4.78, 5) is 0. The van der Waals surface area contributed by atoms with E-state index in [0.717, 1.165) is 35.1 Å². The zero-order valence-corrected chi connectivity index (χ0v) is 14.8. The second-order valence-electron chi connectivity index (χ2n) is 8.27. The third-order valence-corrected chi connectivity index (χ3v) is 6.98. The van der Waals surface area contributed by atoms with Crippen molar-refractivity contribution in [2.24, 2.45) is 0 Å². The van der Waals surface area contributed by atoms with Gasteiger partial charge < -0.3 is 20.4 Å². The van der Waals surface area contributed by atoms with E-state index >= 15 is 0 Å². The van der Waals surface area contributed by atoms with Crippen LogP contribution >= 0.6 is 0 Å². The molecule has 0 spiro atoms. The molecule has 4 aliphatic rings. The summed E-state index contributed by atoms with van der Waals surface area (Å²) in [6.07, 6.45) is 10.9. The molecule has 27 heavy (non-hydrogen) atoms. The largest absolute Gasteiger partial charge is 0.494 e. The standard InChI is InChI=1S/C21H22N2O4/c24-18-14-10-2-3-11(8-10)15(14)19(25)22(18)6-1-7-23-20(26)16-12-4-5-13(9-12)17(16)21(23)27/h2-5,10-13,24-27H,1,6-9H2. The van der Waals surface area contributed by atoms with E-state index in [1.807, 2.05) is 0 Å². The maximum absolute atomic E-state index is 10.6. The van der Waals surface area contributed by atoms with E-state index in [1.54, 1.807) is 9.13 Å². The number of aromatic nitrogens is 2. The molecule has 4 N–H and O–H groups in total. The molecule has 0 saturated carbocycles. The van der Waals surface area contributed by atoms with Crippen molar-refractivity contribution < 1.29 is 20.4 Å². The number of rotatable bonds is 4. The SMILES string of the molecule is Oc1c2c(c(O)n1CCCn1c(O)c3c(c1O)C1C=CC3C1)C1C=CC2C1. The Balaban J connectivity index is 1.24. The lowest BCUT2D eigenvalue weighted by Crippen LogP contribution is -2.05. The second kappa shape index (κ2) is 4.94. The summed E-state index contributed by atoms with van der Waals surface area (Å²) >= 11 is 0. The molecule has 4 bridgehead atoms. The van der Waals surface area contributed by atoms with Crippen LogP contribution < -0.4 is 0 Å². The van der Waals surface area contributed by atoms with Crippen LogP contribution in [0.25, 0.3) is 0 Å². The van der Waals surface area contributed by atoms with Crippen LogP contribution in [0.4, 0.5) is 0 Å². The molecule has 0 aliphatic heterocycles. The average Bonchev–Trinajstić information content (AvgIpc) is 3.47. The van der Waals surface area contributed by atoms with Gasteiger partial charge in [0.15, 0.2) is 23.5 Å². The Morgan fingerprint density at radius 2 is 0.889 bits per heavy atom. The molecule has 6 rings (SSSR count). The lowest BCUT2D eigenvalue weighted by Gasteiger charge is -2.12. The summed E-state index contributed by atoms with van der Waals surface area (Å²) in [5.41, 5.74) is 3.48. The number of allylic oxidation sites excluding steroid dienone is 4. The maximum Gasteiger partial charge on any atom is 0.198 e. The maximum atomic E-state index is 10.6. The Morgan fingerprint density at radius 1 is 0.593 bits per heavy atom. The van der Waals surface area contributed by atoms with Crippen molar-refractivity contribution in [3.05, 3.63) is 46.6 Å². The van der Waals surface area contributed by atoms with E-state index in [4.69, 9.17) is 0 Å². The minimum Gasteiger partial charge on any atom is -0.494 e. The quantitative estimate of drug-likeness (QED) is 0.624. The van der Waals surface area contributed by atoms with Gasteiger partial charge in [-0.05, 0) is 19.3 Å². The summed E-state index contributed by atoms with van der Waals surface area (Å²) < 4.78 is 3.13. The molecule has 4 aliphatic carbocycles. The van der Waals surface area contributed by atoms with Gasteiger partial charge in [0.1, 0.15) is 0 Å². The van der Waals surface area contributed by atoms with Crippen LogP contribution in [0.2, 0.25) is 0 Å². The summed E-state index contributed by atoms with van der Waals surface area (Å²) in [6.45, 7) is 0.855. The highest BCUT2D eigenvalue weighted by atomic mass is 16.3. The van der Waals surface area contributed by atoms with Crippen LogP contribution in [0.1, 0.15) is 65.2 Å². The first-order chi connectivity index (χ1) is 13.1. The molecule has 2 aromatic heterocycles. The van der Waals surface area contributed by atoms with Crippen molar-refractivity contribution in [1.29, 1.82) is 0 Å². The molecule has 140 valence electrons.